The van der Waals surface area contributed by atoms with Crippen molar-refractivity contribution in [3.63, 3.8) is 0 Å². The normalized spacial score (nSPS) is 17.3. The summed E-state index contributed by atoms with van der Waals surface area (Å²) in [5.74, 6) is 0.414. The first-order chi connectivity index (χ1) is 4.22. The summed E-state index contributed by atoms with van der Waals surface area (Å²) in [5.41, 5.74) is 11.1. The molecule has 0 heterocycles. The van der Waals surface area contributed by atoms with Crippen LogP contribution < -0.4 is 16.8 Å². The van der Waals surface area contributed by atoms with Crippen LogP contribution in [0.3, 0.4) is 0 Å². The lowest BCUT2D eigenvalue weighted by molar-refractivity contribution is 0.449. The molecular weight excluding hydrogens is 114 g/mol. The molecule has 0 spiro atoms. The van der Waals surface area contributed by atoms with Crippen molar-refractivity contribution in [3.8, 4) is 0 Å². The third-order valence-corrected chi connectivity index (χ3v) is 1.54. The average molecular weight is 131 g/mol. The van der Waals surface area contributed by atoms with E-state index in [-0.39, 0.29) is 6.04 Å². The minimum Gasteiger partial charge on any atom is -0.330 e. The second kappa shape index (κ2) is 4.73. The highest BCUT2D eigenvalue weighted by Crippen LogP contribution is 1.94. The molecule has 0 amide bonds. The van der Waals surface area contributed by atoms with Gasteiger partial charge >= 0.3 is 0 Å². The van der Waals surface area contributed by atoms with Gasteiger partial charge in [-0.2, -0.15) is 0 Å². The largest absolute Gasteiger partial charge is 0.330 e. The number of nitrogens with two attached hydrogens (primary N) is 2. The number of hydrogen-bond donors (Lipinski definition) is 3. The van der Waals surface area contributed by atoms with E-state index in [0.29, 0.717) is 12.5 Å². The van der Waals surface area contributed by atoms with Gasteiger partial charge in [0.05, 0.1) is 0 Å². The molecule has 2 unspecified atom stereocenters. The van der Waals surface area contributed by atoms with Crippen molar-refractivity contribution < 1.29 is 0 Å². The van der Waals surface area contributed by atoms with Crippen LogP contribution in [0.25, 0.3) is 0 Å². The molecule has 0 aliphatic rings. The van der Waals surface area contributed by atoms with Crippen LogP contribution in [0.4, 0.5) is 0 Å². The first-order valence-electron chi connectivity index (χ1n) is 3.32. The van der Waals surface area contributed by atoms with Gasteiger partial charge in [-0.3, -0.25) is 0 Å². The van der Waals surface area contributed by atoms with Crippen molar-refractivity contribution in [2.75, 3.05) is 20.1 Å². The van der Waals surface area contributed by atoms with Crippen molar-refractivity contribution in [1.29, 1.82) is 0 Å². The van der Waals surface area contributed by atoms with Gasteiger partial charge in [-0.15, -0.1) is 0 Å². The number of rotatable bonds is 4. The van der Waals surface area contributed by atoms with E-state index in [0.717, 1.165) is 6.54 Å². The van der Waals surface area contributed by atoms with Gasteiger partial charge in [0.15, 0.2) is 0 Å². The third kappa shape index (κ3) is 3.46. The summed E-state index contributed by atoms with van der Waals surface area (Å²) >= 11 is 0. The maximum Gasteiger partial charge on any atom is 0.0203 e. The van der Waals surface area contributed by atoms with Crippen LogP contribution in [-0.4, -0.2) is 26.2 Å². The average Bonchev–Trinajstić information content (AvgIpc) is 1.87. The van der Waals surface area contributed by atoms with Crippen LogP contribution in [-0.2, 0) is 0 Å². The van der Waals surface area contributed by atoms with Crippen molar-refractivity contribution in [2.24, 2.45) is 17.4 Å². The molecule has 0 radical (unpaired) electrons. The fraction of sp³-hybridized carbons (Fsp3) is 1.00. The van der Waals surface area contributed by atoms with Gasteiger partial charge in [0.1, 0.15) is 0 Å². The van der Waals surface area contributed by atoms with E-state index in [1.165, 1.54) is 0 Å². The Labute approximate surface area is 56.8 Å². The highest BCUT2D eigenvalue weighted by atomic mass is 14.9. The molecule has 0 aromatic carbocycles. The van der Waals surface area contributed by atoms with Crippen LogP contribution in [0.5, 0.6) is 0 Å². The Bertz CT molecular complexity index is 65.3. The van der Waals surface area contributed by atoms with Gasteiger partial charge in [-0.25, -0.2) is 0 Å². The van der Waals surface area contributed by atoms with Crippen molar-refractivity contribution in [1.82, 2.24) is 5.32 Å². The van der Waals surface area contributed by atoms with Gasteiger partial charge in [-0.05, 0) is 19.5 Å². The minimum atomic E-state index is 0.194. The van der Waals surface area contributed by atoms with E-state index < -0.39 is 0 Å². The number of likely N-dealkylation sites (N-methyl/N-ethyl adjacent to an activating group) is 1. The summed E-state index contributed by atoms with van der Waals surface area (Å²) in [4.78, 5) is 0. The zero-order valence-electron chi connectivity index (χ0n) is 6.22. The fourth-order valence-corrected chi connectivity index (χ4v) is 0.612. The van der Waals surface area contributed by atoms with Crippen molar-refractivity contribution in [3.05, 3.63) is 0 Å². The molecule has 56 valence electrons. The molecule has 2 atom stereocenters. The fourth-order valence-electron chi connectivity index (χ4n) is 0.612. The smallest absolute Gasteiger partial charge is 0.0203 e. The van der Waals surface area contributed by atoms with Gasteiger partial charge < -0.3 is 16.8 Å². The summed E-state index contributed by atoms with van der Waals surface area (Å²) in [5, 5.41) is 3.00. The van der Waals surface area contributed by atoms with E-state index in [1.54, 1.807) is 0 Å². The lowest BCUT2D eigenvalue weighted by atomic mass is 10.0. The molecule has 9 heavy (non-hydrogen) atoms. The highest BCUT2D eigenvalue weighted by Gasteiger charge is 2.08. The van der Waals surface area contributed by atoms with Gasteiger partial charge in [-0.1, -0.05) is 6.92 Å². The first-order valence-corrected chi connectivity index (χ1v) is 3.32. The highest BCUT2D eigenvalue weighted by molar-refractivity contribution is 4.70. The van der Waals surface area contributed by atoms with Crippen LogP contribution in [0, 0.1) is 5.92 Å². The van der Waals surface area contributed by atoms with Crippen LogP contribution in [0.15, 0.2) is 0 Å². The summed E-state index contributed by atoms with van der Waals surface area (Å²) in [6.45, 7) is 3.57. The summed E-state index contributed by atoms with van der Waals surface area (Å²) in [6, 6.07) is 0.194. The zero-order valence-corrected chi connectivity index (χ0v) is 6.22. The van der Waals surface area contributed by atoms with E-state index in [2.05, 4.69) is 12.2 Å². The summed E-state index contributed by atoms with van der Waals surface area (Å²) in [6.07, 6.45) is 0. The molecular formula is C6H17N3. The molecule has 0 aliphatic heterocycles. The van der Waals surface area contributed by atoms with Crippen LogP contribution in [0.2, 0.25) is 0 Å². The van der Waals surface area contributed by atoms with Crippen LogP contribution >= 0.6 is 0 Å². The maximum absolute atomic E-state index is 5.70. The zero-order chi connectivity index (χ0) is 7.28. The van der Waals surface area contributed by atoms with Gasteiger partial charge in [0.25, 0.3) is 0 Å². The summed E-state index contributed by atoms with van der Waals surface area (Å²) < 4.78 is 0. The quantitative estimate of drug-likeness (QED) is 0.464. The predicted octanol–water partition coefficient (Wildman–Crippen LogP) is -0.872. The Morgan fingerprint density at radius 2 is 2.11 bits per heavy atom. The van der Waals surface area contributed by atoms with E-state index in [1.807, 2.05) is 7.05 Å². The van der Waals surface area contributed by atoms with Crippen LogP contribution in [0.1, 0.15) is 6.92 Å². The first kappa shape index (κ1) is 8.88. The number of nitrogens with one attached hydrogen (secondary N) is 1. The van der Waals surface area contributed by atoms with E-state index in [9.17, 15) is 0 Å². The van der Waals surface area contributed by atoms with Gasteiger partial charge in [0, 0.05) is 12.6 Å². The monoisotopic (exact) mass is 131 g/mol. The molecule has 0 saturated carbocycles. The standard InChI is InChI=1S/C6H17N3/c1-5(3-7)6(8)4-9-2/h5-6,9H,3-4,7-8H2,1-2H3. The second-order valence-corrected chi connectivity index (χ2v) is 2.43. The SMILES string of the molecule is CNCC(N)C(C)CN. The predicted molar refractivity (Wildman–Crippen MR) is 40.1 cm³/mol. The molecule has 3 nitrogen and oxygen atoms in total. The second-order valence-electron chi connectivity index (χ2n) is 2.43. The Balaban J connectivity index is 3.32. The maximum atomic E-state index is 5.70. The molecule has 0 bridgehead atoms. The lowest BCUT2D eigenvalue weighted by Gasteiger charge is -2.16. The molecule has 0 fully saturated rings. The van der Waals surface area contributed by atoms with E-state index in [4.69, 9.17) is 11.5 Å². The molecule has 0 aliphatic carbocycles. The molecule has 3 heteroatoms. The third-order valence-electron chi connectivity index (χ3n) is 1.54. The molecule has 0 aromatic rings. The summed E-state index contributed by atoms with van der Waals surface area (Å²) in [7, 11) is 1.89. The Kier molecular flexibility index (Phi) is 4.67. The minimum absolute atomic E-state index is 0.194. The molecule has 0 rings (SSSR count). The molecule has 0 aromatic heterocycles. The number of hydrogen-bond acceptors (Lipinski definition) is 3. The Morgan fingerprint density at radius 3 is 2.44 bits per heavy atom. The molecule has 0 saturated heterocycles. The van der Waals surface area contributed by atoms with E-state index >= 15 is 0 Å². The lowest BCUT2D eigenvalue weighted by Crippen LogP contribution is -2.40. The Hall–Kier alpha value is -0.120. The Morgan fingerprint density at radius 1 is 1.56 bits per heavy atom. The molecule has 5 N–H and O–H groups in total. The van der Waals surface area contributed by atoms with Crippen molar-refractivity contribution in [2.45, 2.75) is 13.0 Å². The topological polar surface area (TPSA) is 64.1 Å². The van der Waals surface area contributed by atoms with Crippen molar-refractivity contribution >= 4 is 0 Å². The van der Waals surface area contributed by atoms with Gasteiger partial charge in [0.2, 0.25) is 0 Å².